The van der Waals surface area contributed by atoms with E-state index in [2.05, 4.69) is 0 Å². The third kappa shape index (κ3) is 2.02. The molecule has 4 N–H and O–H groups in total. The van der Waals surface area contributed by atoms with Crippen LogP contribution < -0.4 is 20.9 Å². The van der Waals surface area contributed by atoms with E-state index in [1.807, 2.05) is 6.07 Å². The minimum Gasteiger partial charge on any atom is -0.454 e. The van der Waals surface area contributed by atoms with Gasteiger partial charge in [0.2, 0.25) is 6.79 Å². The molecule has 0 saturated heterocycles. The van der Waals surface area contributed by atoms with E-state index in [1.165, 1.54) is 0 Å². The second-order valence-electron chi connectivity index (χ2n) is 3.41. The lowest BCUT2D eigenvalue weighted by atomic mass is 10.0. The fourth-order valence-corrected chi connectivity index (χ4v) is 1.85. The average Bonchev–Trinajstić information content (AvgIpc) is 2.63. The number of ether oxygens (including phenoxy) is 2. The molecule has 82 valence electrons. The van der Waals surface area contributed by atoms with E-state index in [1.54, 1.807) is 6.07 Å². The molecular weight excluding hydrogens is 216 g/mol. The van der Waals surface area contributed by atoms with Gasteiger partial charge in [-0.05, 0) is 24.6 Å². The molecule has 0 saturated carbocycles. The highest BCUT2D eigenvalue weighted by molar-refractivity contribution is 6.31. The molecule has 15 heavy (non-hydrogen) atoms. The Hall–Kier alpha value is -0.970. The molecule has 0 bridgehead atoms. The first-order valence-electron chi connectivity index (χ1n) is 4.77. The third-order valence-electron chi connectivity index (χ3n) is 2.37. The van der Waals surface area contributed by atoms with E-state index >= 15 is 0 Å². The van der Waals surface area contributed by atoms with Crippen molar-refractivity contribution in [3.63, 3.8) is 0 Å². The molecule has 0 amide bonds. The van der Waals surface area contributed by atoms with Gasteiger partial charge in [0.1, 0.15) is 0 Å². The third-order valence-corrected chi connectivity index (χ3v) is 2.70. The van der Waals surface area contributed by atoms with Gasteiger partial charge in [0.15, 0.2) is 11.5 Å². The maximum atomic E-state index is 6.08. The molecule has 0 aliphatic carbocycles. The van der Waals surface area contributed by atoms with Crippen LogP contribution in [0.25, 0.3) is 0 Å². The van der Waals surface area contributed by atoms with Gasteiger partial charge in [-0.3, -0.25) is 0 Å². The van der Waals surface area contributed by atoms with Crippen LogP contribution in [-0.2, 0) is 0 Å². The van der Waals surface area contributed by atoms with Crippen LogP contribution >= 0.6 is 11.6 Å². The van der Waals surface area contributed by atoms with Gasteiger partial charge in [-0.25, -0.2) is 0 Å². The smallest absolute Gasteiger partial charge is 0.231 e. The van der Waals surface area contributed by atoms with Gasteiger partial charge in [0.25, 0.3) is 0 Å². The van der Waals surface area contributed by atoms with E-state index in [0.717, 1.165) is 5.56 Å². The zero-order valence-electron chi connectivity index (χ0n) is 8.20. The van der Waals surface area contributed by atoms with Crippen molar-refractivity contribution in [3.8, 4) is 11.5 Å². The number of hydrogen-bond acceptors (Lipinski definition) is 4. The minimum atomic E-state index is -0.156. The van der Waals surface area contributed by atoms with Crippen LogP contribution in [0.5, 0.6) is 11.5 Å². The van der Waals surface area contributed by atoms with Crippen molar-refractivity contribution in [1.29, 1.82) is 0 Å². The number of hydrogen-bond donors (Lipinski definition) is 2. The van der Waals surface area contributed by atoms with Crippen LogP contribution in [0.3, 0.4) is 0 Å². The van der Waals surface area contributed by atoms with Gasteiger partial charge < -0.3 is 20.9 Å². The Morgan fingerprint density at radius 2 is 2.00 bits per heavy atom. The highest BCUT2D eigenvalue weighted by atomic mass is 35.5. The van der Waals surface area contributed by atoms with E-state index < -0.39 is 0 Å². The Labute approximate surface area is 93.1 Å². The van der Waals surface area contributed by atoms with Crippen LogP contribution in [0.15, 0.2) is 12.1 Å². The molecule has 1 aromatic carbocycles. The Morgan fingerprint density at radius 3 is 2.67 bits per heavy atom. The summed E-state index contributed by atoms with van der Waals surface area (Å²) in [5, 5.41) is 0.597. The fourth-order valence-electron chi connectivity index (χ4n) is 1.55. The van der Waals surface area contributed by atoms with E-state index in [-0.39, 0.29) is 12.8 Å². The topological polar surface area (TPSA) is 70.5 Å². The SMILES string of the molecule is NCC[C@@H](N)c1cc2c(cc1Cl)OCO2. The van der Waals surface area contributed by atoms with Gasteiger partial charge in [-0.15, -0.1) is 0 Å². The Kier molecular flexibility index (Phi) is 3.00. The van der Waals surface area contributed by atoms with E-state index in [0.29, 0.717) is 29.5 Å². The summed E-state index contributed by atoms with van der Waals surface area (Å²) in [4.78, 5) is 0. The van der Waals surface area contributed by atoms with Crippen LogP contribution in [0.1, 0.15) is 18.0 Å². The molecule has 0 fully saturated rings. The minimum absolute atomic E-state index is 0.156. The fraction of sp³-hybridized carbons (Fsp3) is 0.400. The van der Waals surface area contributed by atoms with Crippen molar-refractivity contribution in [3.05, 3.63) is 22.7 Å². The normalized spacial score (nSPS) is 15.4. The van der Waals surface area contributed by atoms with Crippen molar-refractivity contribution in [2.24, 2.45) is 11.5 Å². The van der Waals surface area contributed by atoms with Gasteiger partial charge >= 0.3 is 0 Å². The number of nitrogens with two attached hydrogens (primary N) is 2. The maximum absolute atomic E-state index is 6.08. The molecule has 1 aliphatic heterocycles. The lowest BCUT2D eigenvalue weighted by molar-refractivity contribution is 0.174. The summed E-state index contributed by atoms with van der Waals surface area (Å²) in [5.74, 6) is 1.37. The quantitative estimate of drug-likeness (QED) is 0.821. The Bertz CT molecular complexity index is 371. The number of halogens is 1. The van der Waals surface area contributed by atoms with Gasteiger partial charge in [-0.2, -0.15) is 0 Å². The molecule has 0 aromatic heterocycles. The number of rotatable bonds is 3. The molecule has 1 heterocycles. The zero-order valence-corrected chi connectivity index (χ0v) is 8.96. The molecule has 0 spiro atoms. The lowest BCUT2D eigenvalue weighted by Gasteiger charge is -2.13. The number of fused-ring (bicyclic) bond motifs is 1. The van der Waals surface area contributed by atoms with Crippen LogP contribution in [-0.4, -0.2) is 13.3 Å². The summed E-state index contributed by atoms with van der Waals surface area (Å²) >= 11 is 6.08. The molecule has 5 heteroatoms. The molecular formula is C10H13ClN2O2. The van der Waals surface area contributed by atoms with Crippen molar-refractivity contribution in [2.45, 2.75) is 12.5 Å². The summed E-state index contributed by atoms with van der Waals surface area (Å²) < 4.78 is 10.5. The van der Waals surface area contributed by atoms with Gasteiger partial charge in [0, 0.05) is 17.1 Å². The van der Waals surface area contributed by atoms with Crippen LogP contribution in [0.4, 0.5) is 0 Å². The van der Waals surface area contributed by atoms with Crippen LogP contribution in [0, 0.1) is 0 Å². The van der Waals surface area contributed by atoms with Crippen molar-refractivity contribution >= 4 is 11.6 Å². The summed E-state index contributed by atoms with van der Waals surface area (Å²) in [6, 6.07) is 3.40. The zero-order chi connectivity index (χ0) is 10.8. The largest absolute Gasteiger partial charge is 0.454 e. The Balaban J connectivity index is 2.31. The van der Waals surface area contributed by atoms with Crippen LogP contribution in [0.2, 0.25) is 5.02 Å². The van der Waals surface area contributed by atoms with E-state index in [4.69, 9.17) is 32.5 Å². The van der Waals surface area contributed by atoms with Crippen molar-refractivity contribution in [1.82, 2.24) is 0 Å². The first-order chi connectivity index (χ1) is 7.22. The first-order valence-corrected chi connectivity index (χ1v) is 5.15. The first kappa shape index (κ1) is 10.5. The second kappa shape index (κ2) is 4.26. The molecule has 4 nitrogen and oxygen atoms in total. The molecule has 1 aromatic rings. The highest BCUT2D eigenvalue weighted by Crippen LogP contribution is 2.38. The maximum Gasteiger partial charge on any atom is 0.231 e. The van der Waals surface area contributed by atoms with Crippen molar-refractivity contribution in [2.75, 3.05) is 13.3 Å². The summed E-state index contributed by atoms with van der Waals surface area (Å²) in [6.45, 7) is 0.771. The summed E-state index contributed by atoms with van der Waals surface area (Å²) in [7, 11) is 0. The molecule has 0 radical (unpaired) electrons. The summed E-state index contributed by atoms with van der Waals surface area (Å²) in [5.41, 5.74) is 12.2. The lowest BCUT2D eigenvalue weighted by Crippen LogP contribution is -2.15. The van der Waals surface area contributed by atoms with Gasteiger partial charge in [0.05, 0.1) is 0 Å². The predicted octanol–water partition coefficient (Wildman–Crippen LogP) is 1.42. The standard InChI is InChI=1S/C10H13ClN2O2/c11-7-4-10-9(14-5-15-10)3-6(7)8(13)1-2-12/h3-4,8H,1-2,5,12-13H2/t8-/m1/s1. The molecule has 0 unspecified atom stereocenters. The second-order valence-corrected chi connectivity index (χ2v) is 3.82. The van der Waals surface area contributed by atoms with E-state index in [9.17, 15) is 0 Å². The molecule has 1 aliphatic rings. The monoisotopic (exact) mass is 228 g/mol. The highest BCUT2D eigenvalue weighted by Gasteiger charge is 2.19. The van der Waals surface area contributed by atoms with Crippen molar-refractivity contribution < 1.29 is 9.47 Å². The predicted molar refractivity (Wildman–Crippen MR) is 58.2 cm³/mol. The molecule has 2 rings (SSSR count). The Morgan fingerprint density at radius 1 is 1.33 bits per heavy atom. The van der Waals surface area contributed by atoms with Gasteiger partial charge in [-0.1, -0.05) is 11.6 Å². The average molecular weight is 229 g/mol. The molecule has 1 atom stereocenters. The summed E-state index contributed by atoms with van der Waals surface area (Å²) in [6.07, 6.45) is 0.694. The number of benzene rings is 1.